The molecule has 2 aromatic carbocycles. The Labute approximate surface area is 212 Å². The van der Waals surface area contributed by atoms with Gasteiger partial charge in [-0.25, -0.2) is 4.98 Å². The van der Waals surface area contributed by atoms with Gasteiger partial charge in [-0.3, -0.25) is 15.0 Å². The summed E-state index contributed by atoms with van der Waals surface area (Å²) in [4.78, 5) is 11.2. The van der Waals surface area contributed by atoms with Gasteiger partial charge in [0.05, 0.1) is 13.2 Å². The predicted octanol–water partition coefficient (Wildman–Crippen LogP) is 3.60. The number of ether oxygens (including phenoxy) is 1. The van der Waals surface area contributed by atoms with E-state index in [-0.39, 0.29) is 30.0 Å². The minimum atomic E-state index is 0. The van der Waals surface area contributed by atoms with Gasteiger partial charge >= 0.3 is 0 Å². The molecule has 176 valence electrons. The van der Waals surface area contributed by atoms with Crippen LogP contribution in [0.4, 0.5) is 0 Å². The van der Waals surface area contributed by atoms with E-state index in [1.807, 2.05) is 18.2 Å². The molecule has 1 saturated heterocycles. The Hall–Kier alpha value is -2.66. The molecule has 4 rings (SSSR count). The van der Waals surface area contributed by atoms with Gasteiger partial charge in [0.25, 0.3) is 0 Å². The Morgan fingerprint density at radius 3 is 2.70 bits per heavy atom. The minimum absolute atomic E-state index is 0. The number of likely N-dealkylation sites (tertiary alicyclic amines) is 1. The molecular weight excluding hydrogens is 529 g/mol. The van der Waals surface area contributed by atoms with Crippen LogP contribution in [0.25, 0.3) is 11.4 Å². The average molecular weight is 561 g/mol. The number of halogens is 1. The van der Waals surface area contributed by atoms with Crippen molar-refractivity contribution in [3.05, 3.63) is 66.0 Å². The van der Waals surface area contributed by atoms with Gasteiger partial charge in [-0.1, -0.05) is 30.3 Å². The molecule has 3 aromatic rings. The third-order valence-corrected chi connectivity index (χ3v) is 5.82. The molecule has 1 aliphatic heterocycles. The molecule has 8 nitrogen and oxygen atoms in total. The highest BCUT2D eigenvalue weighted by molar-refractivity contribution is 14.0. The van der Waals surface area contributed by atoms with E-state index in [2.05, 4.69) is 66.0 Å². The molecule has 0 spiro atoms. The summed E-state index contributed by atoms with van der Waals surface area (Å²) < 4.78 is 5.45. The predicted molar refractivity (Wildman–Crippen MR) is 142 cm³/mol. The van der Waals surface area contributed by atoms with Gasteiger partial charge in [-0.2, -0.15) is 5.10 Å². The number of nitrogens with zero attached hydrogens (tertiary/aromatic N) is 4. The maximum atomic E-state index is 5.45. The van der Waals surface area contributed by atoms with Crippen molar-refractivity contribution in [1.29, 1.82) is 0 Å². The number of nitrogens with one attached hydrogen (secondary N) is 3. The summed E-state index contributed by atoms with van der Waals surface area (Å²) in [6, 6.07) is 16.9. The second-order valence-corrected chi connectivity index (χ2v) is 7.88. The highest BCUT2D eigenvalue weighted by atomic mass is 127. The normalized spacial score (nSPS) is 15.0. The molecule has 1 unspecified atom stereocenters. The van der Waals surface area contributed by atoms with Crippen LogP contribution in [0.3, 0.4) is 0 Å². The number of aromatic amines is 1. The van der Waals surface area contributed by atoms with Crippen molar-refractivity contribution in [1.82, 2.24) is 30.7 Å². The minimum Gasteiger partial charge on any atom is -0.497 e. The number of hydrogen-bond acceptors (Lipinski definition) is 5. The first-order chi connectivity index (χ1) is 15.8. The lowest BCUT2D eigenvalue weighted by Gasteiger charge is -2.29. The monoisotopic (exact) mass is 561 g/mol. The second kappa shape index (κ2) is 12.5. The zero-order chi connectivity index (χ0) is 22.2. The summed E-state index contributed by atoms with van der Waals surface area (Å²) in [5, 5.41) is 13.8. The number of rotatable bonds is 8. The fraction of sp³-hybridized carbons (Fsp3) is 0.375. The van der Waals surface area contributed by atoms with Crippen molar-refractivity contribution in [2.75, 3.05) is 33.8 Å². The molecule has 1 aromatic heterocycles. The Bertz CT molecular complexity index is 1020. The quantitative estimate of drug-likeness (QED) is 0.221. The van der Waals surface area contributed by atoms with Gasteiger partial charge in [0.2, 0.25) is 0 Å². The van der Waals surface area contributed by atoms with E-state index in [0.717, 1.165) is 48.3 Å². The van der Waals surface area contributed by atoms with Crippen LogP contribution in [-0.4, -0.2) is 59.8 Å². The van der Waals surface area contributed by atoms with E-state index in [9.17, 15) is 0 Å². The van der Waals surface area contributed by atoms with Crippen molar-refractivity contribution in [3.8, 4) is 17.1 Å². The smallest absolute Gasteiger partial charge is 0.191 e. The standard InChI is InChI=1S/C24H31N7O.HI/c1-25-24(26-15-18-7-5-9-20(13-18)23-28-17-29-30-23)27-16-22(31-11-3-4-12-31)19-8-6-10-21(14-19)32-2;/h5-10,13-14,17,22H,3-4,11-12,15-16H2,1-2H3,(H2,25,26,27)(H,28,29,30);1H. The Morgan fingerprint density at radius 2 is 1.97 bits per heavy atom. The van der Waals surface area contributed by atoms with Gasteiger partial charge in [0.1, 0.15) is 12.1 Å². The van der Waals surface area contributed by atoms with Gasteiger partial charge < -0.3 is 15.4 Å². The lowest BCUT2D eigenvalue weighted by molar-refractivity contribution is 0.245. The van der Waals surface area contributed by atoms with E-state index < -0.39 is 0 Å². The van der Waals surface area contributed by atoms with Crippen molar-refractivity contribution >= 4 is 29.9 Å². The fourth-order valence-electron chi connectivity index (χ4n) is 4.13. The second-order valence-electron chi connectivity index (χ2n) is 7.88. The molecule has 0 aliphatic carbocycles. The molecule has 0 saturated carbocycles. The third kappa shape index (κ3) is 6.67. The summed E-state index contributed by atoms with van der Waals surface area (Å²) in [6.07, 6.45) is 4.01. The van der Waals surface area contributed by atoms with Gasteiger partial charge in [-0.15, -0.1) is 24.0 Å². The molecule has 0 amide bonds. The van der Waals surface area contributed by atoms with Crippen LogP contribution in [0, 0.1) is 0 Å². The molecule has 1 atom stereocenters. The van der Waals surface area contributed by atoms with Crippen molar-refractivity contribution < 1.29 is 4.74 Å². The van der Waals surface area contributed by atoms with Crippen LogP contribution in [0.5, 0.6) is 5.75 Å². The Balaban J connectivity index is 0.00000306. The average Bonchev–Trinajstić information content (AvgIpc) is 3.56. The zero-order valence-electron chi connectivity index (χ0n) is 19.1. The molecule has 33 heavy (non-hydrogen) atoms. The summed E-state index contributed by atoms with van der Waals surface area (Å²) in [6.45, 7) is 3.66. The first-order valence-electron chi connectivity index (χ1n) is 11.0. The van der Waals surface area contributed by atoms with Crippen LogP contribution in [0.2, 0.25) is 0 Å². The largest absolute Gasteiger partial charge is 0.497 e. The first-order valence-corrected chi connectivity index (χ1v) is 11.0. The molecule has 1 aliphatic rings. The number of benzene rings is 2. The molecular formula is C24H32IN7O. The van der Waals surface area contributed by atoms with E-state index >= 15 is 0 Å². The van der Waals surface area contributed by atoms with Crippen LogP contribution in [-0.2, 0) is 6.54 Å². The molecule has 3 N–H and O–H groups in total. The zero-order valence-corrected chi connectivity index (χ0v) is 21.5. The van der Waals surface area contributed by atoms with Crippen molar-refractivity contribution in [3.63, 3.8) is 0 Å². The lowest BCUT2D eigenvalue weighted by Crippen LogP contribution is -2.42. The van der Waals surface area contributed by atoms with Crippen LogP contribution in [0.15, 0.2) is 59.9 Å². The SMILES string of the molecule is CN=C(NCc1cccc(-c2ncn[nH]2)c1)NCC(c1cccc(OC)c1)N1CCCC1.I. The van der Waals surface area contributed by atoms with E-state index in [1.165, 1.54) is 24.7 Å². The van der Waals surface area contributed by atoms with Crippen molar-refractivity contribution in [2.24, 2.45) is 4.99 Å². The molecule has 9 heteroatoms. The number of guanidine groups is 1. The maximum absolute atomic E-state index is 5.45. The van der Waals surface area contributed by atoms with E-state index in [4.69, 9.17) is 4.74 Å². The Morgan fingerprint density at radius 1 is 1.15 bits per heavy atom. The van der Waals surface area contributed by atoms with Crippen LogP contribution >= 0.6 is 24.0 Å². The van der Waals surface area contributed by atoms with Crippen molar-refractivity contribution in [2.45, 2.75) is 25.4 Å². The highest BCUT2D eigenvalue weighted by Gasteiger charge is 2.24. The summed E-state index contributed by atoms with van der Waals surface area (Å²) >= 11 is 0. The van der Waals surface area contributed by atoms with Crippen LogP contribution in [0.1, 0.15) is 30.0 Å². The topological polar surface area (TPSA) is 90.5 Å². The number of methoxy groups -OCH3 is 1. The van der Waals surface area contributed by atoms with Gasteiger partial charge in [0.15, 0.2) is 11.8 Å². The van der Waals surface area contributed by atoms with Gasteiger partial charge in [0, 0.05) is 25.7 Å². The lowest BCUT2D eigenvalue weighted by atomic mass is 10.1. The highest BCUT2D eigenvalue weighted by Crippen LogP contribution is 2.27. The number of H-pyrrole nitrogens is 1. The third-order valence-electron chi connectivity index (χ3n) is 5.82. The summed E-state index contributed by atoms with van der Waals surface area (Å²) in [7, 11) is 3.52. The molecule has 0 bridgehead atoms. The maximum Gasteiger partial charge on any atom is 0.191 e. The first kappa shape index (κ1) is 25.0. The molecule has 2 heterocycles. The summed E-state index contributed by atoms with van der Waals surface area (Å²) in [5.74, 6) is 2.43. The summed E-state index contributed by atoms with van der Waals surface area (Å²) in [5.41, 5.74) is 3.41. The molecule has 1 fully saturated rings. The number of aromatic nitrogens is 3. The Kier molecular flexibility index (Phi) is 9.49. The number of aliphatic imine (C=N–C) groups is 1. The van der Waals surface area contributed by atoms with E-state index in [0.29, 0.717) is 6.54 Å². The van der Waals surface area contributed by atoms with Crippen LogP contribution < -0.4 is 15.4 Å². The molecule has 0 radical (unpaired) electrons. The fourth-order valence-corrected chi connectivity index (χ4v) is 4.13. The van der Waals surface area contributed by atoms with E-state index in [1.54, 1.807) is 14.2 Å². The van der Waals surface area contributed by atoms with Gasteiger partial charge in [-0.05, 0) is 55.3 Å². The number of hydrogen-bond donors (Lipinski definition) is 3.